The Hall–Kier alpha value is -3.55. The fourth-order valence-corrected chi connectivity index (χ4v) is 2.43. The van der Waals surface area contributed by atoms with Gasteiger partial charge >= 0.3 is 5.97 Å². The minimum atomic E-state index is -1.13. The molecule has 0 saturated carbocycles. The summed E-state index contributed by atoms with van der Waals surface area (Å²) in [7, 11) is 1.83. The predicted octanol–water partition coefficient (Wildman–Crippen LogP) is 1.55. The van der Waals surface area contributed by atoms with Crippen LogP contribution in [0.2, 0.25) is 0 Å². The maximum absolute atomic E-state index is 12.1. The van der Waals surface area contributed by atoms with Crippen molar-refractivity contribution in [2.75, 3.05) is 6.54 Å². The van der Waals surface area contributed by atoms with Crippen LogP contribution in [0.4, 0.5) is 0 Å². The van der Waals surface area contributed by atoms with Gasteiger partial charge in [0, 0.05) is 31.8 Å². The molecule has 2 heterocycles. The van der Waals surface area contributed by atoms with E-state index in [1.54, 1.807) is 4.68 Å². The van der Waals surface area contributed by atoms with Gasteiger partial charge in [-0.3, -0.25) is 4.79 Å². The average Bonchev–Trinajstić information content (AvgIpc) is 3.03. The van der Waals surface area contributed by atoms with Gasteiger partial charge in [-0.05, 0) is 12.1 Å². The third kappa shape index (κ3) is 3.92. The molecular formula is C18H17N5O3. The van der Waals surface area contributed by atoms with Gasteiger partial charge in [0.05, 0.1) is 5.56 Å². The first-order chi connectivity index (χ1) is 12.5. The fourth-order valence-electron chi connectivity index (χ4n) is 2.43. The molecule has 8 heteroatoms. The highest BCUT2D eigenvalue weighted by atomic mass is 16.4. The number of nitrogens with zero attached hydrogens (tertiary/aromatic N) is 4. The molecule has 0 aliphatic carbocycles. The lowest BCUT2D eigenvalue weighted by Gasteiger charge is -2.03. The van der Waals surface area contributed by atoms with Crippen molar-refractivity contribution in [1.29, 1.82) is 0 Å². The molecule has 26 heavy (non-hydrogen) atoms. The van der Waals surface area contributed by atoms with Crippen LogP contribution in [0.1, 0.15) is 26.7 Å². The Bertz CT molecular complexity index is 920. The molecule has 2 N–H and O–H groups in total. The second-order valence-electron chi connectivity index (χ2n) is 5.58. The number of pyridine rings is 1. The molecule has 0 radical (unpaired) electrons. The number of rotatable bonds is 6. The number of hydrogen-bond acceptors (Lipinski definition) is 5. The zero-order valence-corrected chi connectivity index (χ0v) is 14.1. The van der Waals surface area contributed by atoms with E-state index >= 15 is 0 Å². The molecule has 8 nitrogen and oxygen atoms in total. The highest BCUT2D eigenvalue weighted by Crippen LogP contribution is 2.15. The first-order valence-electron chi connectivity index (χ1n) is 7.97. The van der Waals surface area contributed by atoms with Gasteiger partial charge < -0.3 is 10.4 Å². The number of nitrogens with one attached hydrogen (secondary N) is 1. The van der Waals surface area contributed by atoms with Gasteiger partial charge in [-0.15, -0.1) is 0 Å². The SMILES string of the molecule is Cn1nc(CCNC(=O)c2ccc(C(=O)O)nc2)nc1-c1ccccc1. The molecule has 1 aromatic carbocycles. The summed E-state index contributed by atoms with van der Waals surface area (Å²) in [5, 5.41) is 15.9. The van der Waals surface area contributed by atoms with Crippen LogP contribution in [0, 0.1) is 0 Å². The first-order valence-corrected chi connectivity index (χ1v) is 7.97. The summed E-state index contributed by atoms with van der Waals surface area (Å²) < 4.78 is 1.71. The van der Waals surface area contributed by atoms with Crippen molar-refractivity contribution in [2.45, 2.75) is 6.42 Å². The monoisotopic (exact) mass is 351 g/mol. The second kappa shape index (κ2) is 7.56. The number of hydrogen-bond donors (Lipinski definition) is 2. The molecule has 0 atom stereocenters. The Balaban J connectivity index is 1.58. The van der Waals surface area contributed by atoms with Crippen molar-refractivity contribution in [3.63, 3.8) is 0 Å². The van der Waals surface area contributed by atoms with Crippen molar-refractivity contribution in [1.82, 2.24) is 25.1 Å². The van der Waals surface area contributed by atoms with Gasteiger partial charge in [0.25, 0.3) is 5.91 Å². The Morgan fingerprint density at radius 2 is 1.92 bits per heavy atom. The molecular weight excluding hydrogens is 334 g/mol. The minimum Gasteiger partial charge on any atom is -0.477 e. The van der Waals surface area contributed by atoms with E-state index in [4.69, 9.17) is 5.11 Å². The molecule has 3 rings (SSSR count). The second-order valence-corrected chi connectivity index (χ2v) is 5.58. The molecule has 0 saturated heterocycles. The normalized spacial score (nSPS) is 10.5. The predicted molar refractivity (Wildman–Crippen MR) is 93.7 cm³/mol. The topological polar surface area (TPSA) is 110 Å². The lowest BCUT2D eigenvalue weighted by Crippen LogP contribution is -2.26. The summed E-state index contributed by atoms with van der Waals surface area (Å²) in [5.41, 5.74) is 1.17. The molecule has 1 amide bonds. The zero-order valence-electron chi connectivity index (χ0n) is 14.1. The molecule has 0 aliphatic heterocycles. The van der Waals surface area contributed by atoms with E-state index in [-0.39, 0.29) is 11.6 Å². The van der Waals surface area contributed by atoms with E-state index in [1.807, 2.05) is 37.4 Å². The largest absolute Gasteiger partial charge is 0.477 e. The fraction of sp³-hybridized carbons (Fsp3) is 0.167. The third-order valence-electron chi connectivity index (χ3n) is 3.72. The van der Waals surface area contributed by atoms with Crippen molar-refractivity contribution < 1.29 is 14.7 Å². The van der Waals surface area contributed by atoms with Crippen LogP contribution >= 0.6 is 0 Å². The lowest BCUT2D eigenvalue weighted by molar-refractivity contribution is 0.0689. The molecule has 3 aromatic rings. The Morgan fingerprint density at radius 3 is 2.58 bits per heavy atom. The summed E-state index contributed by atoms with van der Waals surface area (Å²) >= 11 is 0. The summed E-state index contributed by atoms with van der Waals surface area (Å²) in [4.78, 5) is 31.1. The van der Waals surface area contributed by atoms with E-state index in [1.165, 1.54) is 18.3 Å². The number of carbonyl (C=O) groups excluding carboxylic acids is 1. The van der Waals surface area contributed by atoms with E-state index in [0.29, 0.717) is 24.4 Å². The smallest absolute Gasteiger partial charge is 0.354 e. The molecule has 0 bridgehead atoms. The van der Waals surface area contributed by atoms with Gasteiger partial charge in [-0.1, -0.05) is 30.3 Å². The highest BCUT2D eigenvalue weighted by molar-refractivity contribution is 5.94. The summed E-state index contributed by atoms with van der Waals surface area (Å²) in [6, 6.07) is 12.5. The van der Waals surface area contributed by atoms with Crippen LogP contribution in [-0.4, -0.2) is 43.3 Å². The number of aromatic nitrogens is 4. The van der Waals surface area contributed by atoms with Gasteiger partial charge in [0.15, 0.2) is 11.6 Å². The van der Waals surface area contributed by atoms with Gasteiger partial charge in [-0.25, -0.2) is 19.4 Å². The summed E-state index contributed by atoms with van der Waals surface area (Å²) in [5.74, 6) is -0.0625. The van der Waals surface area contributed by atoms with Crippen molar-refractivity contribution in [3.8, 4) is 11.4 Å². The van der Waals surface area contributed by atoms with Gasteiger partial charge in [0.1, 0.15) is 5.69 Å². The van der Waals surface area contributed by atoms with Gasteiger partial charge in [0.2, 0.25) is 0 Å². The number of aryl methyl sites for hydroxylation is 1. The first kappa shape index (κ1) is 17.3. The molecule has 0 unspecified atom stereocenters. The van der Waals surface area contributed by atoms with Crippen LogP contribution in [0.3, 0.4) is 0 Å². The average molecular weight is 351 g/mol. The maximum Gasteiger partial charge on any atom is 0.354 e. The Labute approximate surface area is 149 Å². The summed E-state index contributed by atoms with van der Waals surface area (Å²) in [6.45, 7) is 0.359. The maximum atomic E-state index is 12.1. The van der Waals surface area contributed by atoms with E-state index in [0.717, 1.165) is 11.4 Å². The van der Waals surface area contributed by atoms with Crippen LogP contribution < -0.4 is 5.32 Å². The quantitative estimate of drug-likeness (QED) is 0.697. The number of carboxylic acid groups (broad SMARTS) is 1. The van der Waals surface area contributed by atoms with Crippen LogP contribution in [0.5, 0.6) is 0 Å². The van der Waals surface area contributed by atoms with Crippen LogP contribution in [0.15, 0.2) is 48.7 Å². The highest BCUT2D eigenvalue weighted by Gasteiger charge is 2.11. The third-order valence-corrected chi connectivity index (χ3v) is 3.72. The molecule has 0 aliphatic rings. The van der Waals surface area contributed by atoms with Crippen LogP contribution in [0.25, 0.3) is 11.4 Å². The molecule has 0 spiro atoms. The van der Waals surface area contributed by atoms with Crippen molar-refractivity contribution in [2.24, 2.45) is 7.05 Å². The lowest BCUT2D eigenvalue weighted by atomic mass is 10.2. The zero-order chi connectivity index (χ0) is 18.5. The Kier molecular flexibility index (Phi) is 5.02. The number of aromatic carboxylic acids is 1. The van der Waals surface area contributed by atoms with E-state index in [2.05, 4.69) is 20.4 Å². The summed E-state index contributed by atoms with van der Waals surface area (Å²) in [6.07, 6.45) is 1.72. The van der Waals surface area contributed by atoms with Gasteiger partial charge in [-0.2, -0.15) is 5.10 Å². The Morgan fingerprint density at radius 1 is 1.15 bits per heavy atom. The van der Waals surface area contributed by atoms with Crippen molar-refractivity contribution in [3.05, 3.63) is 65.7 Å². The minimum absolute atomic E-state index is 0.104. The molecule has 0 fully saturated rings. The van der Waals surface area contributed by atoms with E-state index < -0.39 is 5.97 Å². The standard InChI is InChI=1S/C18H17N5O3/c1-23-16(12-5-3-2-4-6-12)21-15(22-23)9-10-19-17(24)13-7-8-14(18(25)26)20-11-13/h2-8,11H,9-10H2,1H3,(H,19,24)(H,25,26). The van der Waals surface area contributed by atoms with Crippen LogP contribution in [-0.2, 0) is 13.5 Å². The number of benzene rings is 1. The number of carboxylic acids is 1. The number of amides is 1. The molecule has 2 aromatic heterocycles. The number of carbonyl (C=O) groups is 2. The van der Waals surface area contributed by atoms with Crippen molar-refractivity contribution >= 4 is 11.9 Å². The van der Waals surface area contributed by atoms with E-state index in [9.17, 15) is 9.59 Å². The molecule has 132 valence electrons.